The minimum absolute atomic E-state index is 0.239. The topological polar surface area (TPSA) is 213 Å². The van der Waals surface area contributed by atoms with E-state index in [1.807, 2.05) is 0 Å². The Kier molecular flexibility index (Phi) is 13.2. The number of nitrogen functional groups attached to an aromatic ring is 2. The first-order valence-electron chi connectivity index (χ1n) is 17.6. The number of hydrogen-bond acceptors (Lipinski definition) is 11. The molecule has 61 heavy (non-hydrogen) atoms. The van der Waals surface area contributed by atoms with Gasteiger partial charge in [0.15, 0.2) is 17.3 Å². The number of carboxylic acid groups (broad SMARTS) is 1. The van der Waals surface area contributed by atoms with Crippen molar-refractivity contribution in [2.45, 2.75) is 12.7 Å². The van der Waals surface area contributed by atoms with E-state index in [0.717, 1.165) is 18.2 Å². The number of anilines is 2. The zero-order valence-corrected chi connectivity index (χ0v) is 31.2. The first-order valence-corrected chi connectivity index (χ1v) is 17.6. The zero-order valence-electron chi connectivity index (χ0n) is 31.2. The predicted molar refractivity (Wildman–Crippen MR) is 212 cm³/mol. The lowest BCUT2D eigenvalue weighted by atomic mass is 10.1. The molecule has 308 valence electrons. The molecule has 0 atom stereocenters. The lowest BCUT2D eigenvalue weighted by molar-refractivity contribution is -0.137. The van der Waals surface area contributed by atoms with E-state index in [1.165, 1.54) is 67.6 Å². The molecule has 3 aromatic heterocycles. The van der Waals surface area contributed by atoms with Crippen LogP contribution in [0.1, 0.15) is 21.5 Å². The van der Waals surface area contributed by atoms with E-state index in [-0.39, 0.29) is 22.8 Å². The molecule has 14 nitrogen and oxygen atoms in total. The third-order valence-corrected chi connectivity index (χ3v) is 8.21. The van der Waals surface area contributed by atoms with Gasteiger partial charge in [0.1, 0.15) is 53.0 Å². The van der Waals surface area contributed by atoms with Gasteiger partial charge >= 0.3 is 12.1 Å². The molecule has 4 aromatic carbocycles. The second-order valence-corrected chi connectivity index (χ2v) is 12.5. The van der Waals surface area contributed by atoms with Crippen LogP contribution in [0.25, 0.3) is 45.5 Å². The maximum Gasteiger partial charge on any atom is 0.416 e. The van der Waals surface area contributed by atoms with Gasteiger partial charge in [0.05, 0.1) is 46.7 Å². The predicted octanol–water partition coefficient (Wildman–Crippen LogP) is 7.98. The number of nitrogens with two attached hydrogens (primary N) is 2. The highest BCUT2D eigenvalue weighted by Gasteiger charge is 2.30. The van der Waals surface area contributed by atoms with Crippen LogP contribution in [0.15, 0.2) is 135 Å². The second-order valence-electron chi connectivity index (χ2n) is 12.5. The number of aromatic carboxylic acids is 1. The highest BCUT2D eigenvalue weighted by atomic mass is 19.4. The van der Waals surface area contributed by atoms with Crippen molar-refractivity contribution in [1.29, 1.82) is 0 Å². The molecular formula is C41H30F6N12O2. The van der Waals surface area contributed by atoms with Crippen molar-refractivity contribution in [3.05, 3.63) is 169 Å². The van der Waals surface area contributed by atoms with Crippen LogP contribution in [0.2, 0.25) is 0 Å². The molecule has 5 heterocycles. The number of nitrogens with zero attached hydrogens (tertiary/aromatic N) is 9. The number of hydrogen-bond donors (Lipinski definition) is 4. The van der Waals surface area contributed by atoms with Crippen LogP contribution in [0.3, 0.4) is 0 Å². The quantitative estimate of drug-likeness (QED) is 0.122. The summed E-state index contributed by atoms with van der Waals surface area (Å²) < 4.78 is 79.5. The van der Waals surface area contributed by atoms with Gasteiger partial charge in [-0.3, -0.25) is 0 Å². The van der Waals surface area contributed by atoms with Crippen LogP contribution < -0.4 is 11.5 Å². The number of aromatic amines is 1. The highest BCUT2D eigenvalue weighted by Crippen LogP contribution is 2.30. The largest absolute Gasteiger partial charge is 0.478 e. The van der Waals surface area contributed by atoms with E-state index in [4.69, 9.17) is 16.6 Å². The van der Waals surface area contributed by atoms with Crippen LogP contribution >= 0.6 is 0 Å². The van der Waals surface area contributed by atoms with Crippen molar-refractivity contribution in [1.82, 2.24) is 49.4 Å². The first kappa shape index (κ1) is 42.3. The van der Waals surface area contributed by atoms with E-state index in [9.17, 15) is 31.1 Å². The van der Waals surface area contributed by atoms with E-state index in [1.54, 1.807) is 53.4 Å². The Labute approximate surface area is 341 Å². The van der Waals surface area contributed by atoms with Gasteiger partial charge in [0.25, 0.3) is 0 Å². The molecule has 20 heteroatoms. The fraction of sp³-hybridized carbons (Fsp3) is 0.0488. The van der Waals surface area contributed by atoms with Crippen molar-refractivity contribution in [3.63, 3.8) is 0 Å². The monoisotopic (exact) mass is 836 g/mol. The number of imidazole rings is 2. The molecule has 0 aliphatic carbocycles. The molecule has 0 fully saturated rings. The lowest BCUT2D eigenvalue weighted by Gasteiger charge is -2.09. The number of nitrogens with one attached hydrogen (secondary N) is 1. The van der Waals surface area contributed by atoms with Gasteiger partial charge < -0.3 is 26.1 Å². The highest BCUT2D eigenvalue weighted by molar-refractivity contribution is 5.87. The zero-order chi connectivity index (χ0) is 43.5. The SMILES string of the molecule is Fc1ccccc1-c1nc2cn(Cc3ccc(C(F)(F)F)cc3)cnc-2n1.Fc1ccccc1-c1nc2ncncc2[nH]1.Nc1cncnc1N.O=C(O)c1ccccc1F. The summed E-state index contributed by atoms with van der Waals surface area (Å²) >= 11 is 0. The first-order chi connectivity index (χ1) is 29.3. The van der Waals surface area contributed by atoms with Gasteiger partial charge in [0, 0.05) is 12.7 Å². The average molecular weight is 837 g/mol. The molecular weight excluding hydrogens is 807 g/mol. The summed E-state index contributed by atoms with van der Waals surface area (Å²) in [6.45, 7) is 0.322. The Hall–Kier alpha value is -8.29. The molecule has 0 amide bonds. The number of alkyl halides is 3. The molecule has 0 unspecified atom stereocenters. The van der Waals surface area contributed by atoms with Gasteiger partial charge in [-0.1, -0.05) is 48.5 Å². The number of aromatic nitrogens is 10. The van der Waals surface area contributed by atoms with Gasteiger partial charge in [-0.15, -0.1) is 0 Å². The Morgan fingerprint density at radius 1 is 0.705 bits per heavy atom. The van der Waals surface area contributed by atoms with Crippen molar-refractivity contribution in [2.75, 3.05) is 11.5 Å². The number of benzene rings is 4. The summed E-state index contributed by atoms with van der Waals surface area (Å²) in [6.07, 6.45) is 4.67. The minimum atomic E-state index is -4.36. The van der Waals surface area contributed by atoms with Crippen LogP contribution in [0.4, 0.5) is 37.8 Å². The Morgan fingerprint density at radius 2 is 1.33 bits per heavy atom. The average Bonchev–Trinajstić information content (AvgIpc) is 3.87. The molecule has 6 N–H and O–H groups in total. The Balaban J connectivity index is 0.000000154. The third-order valence-electron chi connectivity index (χ3n) is 8.21. The summed E-state index contributed by atoms with van der Waals surface area (Å²) in [5.41, 5.74) is 13.1. The van der Waals surface area contributed by atoms with Gasteiger partial charge in [-0.25, -0.2) is 57.8 Å². The summed E-state index contributed by atoms with van der Waals surface area (Å²) in [5, 5.41) is 8.33. The maximum absolute atomic E-state index is 13.9. The van der Waals surface area contributed by atoms with E-state index in [0.29, 0.717) is 57.7 Å². The van der Waals surface area contributed by atoms with Crippen LogP contribution in [0.5, 0.6) is 0 Å². The number of carbonyl (C=O) groups is 1. The third kappa shape index (κ3) is 11.0. The van der Waals surface area contributed by atoms with Gasteiger partial charge in [-0.2, -0.15) is 13.2 Å². The minimum Gasteiger partial charge on any atom is -0.478 e. The number of H-pyrrole nitrogens is 1. The molecule has 0 saturated carbocycles. The molecule has 0 spiro atoms. The van der Waals surface area contributed by atoms with Crippen LogP contribution in [-0.4, -0.2) is 60.5 Å². The standard InChI is InChI=1S/C19H12F4N4.C11H7FN4.C7H5FO2.C4H6N4/c20-15-4-2-1-3-14(15)17-25-16-10-27(11-24-18(16)26-17)9-12-5-7-13(8-6-12)19(21,22)23;12-8-4-2-1-3-7(8)10-15-9-5-13-6-14-11(9)16-10;8-6-4-2-1-3-5(6)7(9)10;5-3-1-7-2-8-4(3)6/h1-8,10-11H,9H2;1-6H,(H,13,14,15,16);1-4H,(H,9,10);1-2H,5H2,(H2,6,7,8). The molecule has 2 aliphatic heterocycles. The summed E-state index contributed by atoms with van der Waals surface area (Å²) in [4.78, 5) is 45.2. The number of rotatable bonds is 5. The maximum atomic E-state index is 13.9. The molecule has 0 radical (unpaired) electrons. The molecule has 7 aromatic rings. The van der Waals surface area contributed by atoms with E-state index < -0.39 is 29.3 Å². The van der Waals surface area contributed by atoms with Crippen molar-refractivity contribution in [2.24, 2.45) is 0 Å². The van der Waals surface area contributed by atoms with Crippen molar-refractivity contribution < 1.29 is 36.2 Å². The summed E-state index contributed by atoms with van der Waals surface area (Å²) in [6, 6.07) is 22.8. The van der Waals surface area contributed by atoms with Crippen molar-refractivity contribution in [3.8, 4) is 34.3 Å². The lowest BCUT2D eigenvalue weighted by Crippen LogP contribution is -2.06. The Bertz CT molecular complexity index is 2800. The fourth-order valence-corrected chi connectivity index (χ4v) is 5.23. The van der Waals surface area contributed by atoms with Crippen LogP contribution in [-0.2, 0) is 12.7 Å². The molecule has 9 rings (SSSR count). The fourth-order valence-electron chi connectivity index (χ4n) is 5.23. The van der Waals surface area contributed by atoms with Crippen LogP contribution in [0, 0.1) is 17.5 Å². The van der Waals surface area contributed by atoms with Crippen molar-refractivity contribution >= 4 is 28.6 Å². The second kappa shape index (κ2) is 19.0. The van der Waals surface area contributed by atoms with Gasteiger partial charge in [-0.05, 0) is 54.1 Å². The summed E-state index contributed by atoms with van der Waals surface area (Å²) in [7, 11) is 0. The Morgan fingerprint density at radius 3 is 1.90 bits per heavy atom. The number of carboxylic acids is 1. The normalized spacial score (nSPS) is 10.8. The van der Waals surface area contributed by atoms with Gasteiger partial charge in [0.2, 0.25) is 0 Å². The van der Waals surface area contributed by atoms with E-state index >= 15 is 0 Å². The molecule has 0 saturated heterocycles. The summed E-state index contributed by atoms with van der Waals surface area (Å²) in [5.74, 6) is -1.26. The molecule has 2 aliphatic rings. The number of halogens is 6. The number of fused-ring (bicyclic) bond motifs is 2. The molecule has 0 bridgehead atoms. The smallest absolute Gasteiger partial charge is 0.416 e. The van der Waals surface area contributed by atoms with E-state index in [2.05, 4.69) is 44.9 Å².